The highest BCUT2D eigenvalue weighted by molar-refractivity contribution is 7.22. The first-order chi connectivity index (χ1) is 13.2. The summed E-state index contributed by atoms with van der Waals surface area (Å²) in [4.78, 5) is 27.7. The quantitative estimate of drug-likeness (QED) is 0.515. The summed E-state index contributed by atoms with van der Waals surface area (Å²) in [5.74, 6) is -0.108. The number of hydrogen-bond acceptors (Lipinski definition) is 6. The lowest BCUT2D eigenvalue weighted by molar-refractivity contribution is -0.119. The second-order valence-corrected chi connectivity index (χ2v) is 7.02. The normalized spacial score (nSPS) is 11.0. The Kier molecular flexibility index (Phi) is 4.88. The van der Waals surface area contributed by atoms with Gasteiger partial charge in [0.15, 0.2) is 5.13 Å². The molecule has 0 aliphatic rings. The van der Waals surface area contributed by atoms with Gasteiger partial charge in [0.25, 0.3) is 5.91 Å². The minimum Gasteiger partial charge on any atom is -0.280 e. The number of para-hydroxylation sites is 1. The summed E-state index contributed by atoms with van der Waals surface area (Å²) in [5.41, 5.74) is 2.94. The van der Waals surface area contributed by atoms with Gasteiger partial charge < -0.3 is 0 Å². The first-order valence-electron chi connectivity index (χ1n) is 8.65. The Morgan fingerprint density at radius 1 is 1.22 bits per heavy atom. The fourth-order valence-corrected chi connectivity index (χ4v) is 3.88. The maximum absolute atomic E-state index is 13.0. The number of fused-ring (bicyclic) bond motifs is 1. The van der Waals surface area contributed by atoms with Crippen LogP contribution in [0.3, 0.4) is 0 Å². The van der Waals surface area contributed by atoms with Crippen LogP contribution in [0.1, 0.15) is 18.2 Å². The van der Waals surface area contributed by atoms with Crippen LogP contribution >= 0.6 is 11.3 Å². The summed E-state index contributed by atoms with van der Waals surface area (Å²) in [6.45, 7) is 2.56. The third kappa shape index (κ3) is 3.70. The monoisotopic (exact) mass is 378 g/mol. The molecule has 8 heteroatoms. The molecule has 4 aromatic rings. The van der Waals surface area contributed by atoms with Gasteiger partial charge in [0, 0.05) is 6.20 Å². The molecule has 3 heterocycles. The molecular weight excluding hydrogens is 360 g/mol. The fourth-order valence-electron chi connectivity index (χ4n) is 2.85. The maximum Gasteiger partial charge on any atom is 0.250 e. The fraction of sp³-hybridized carbons (Fsp3) is 0.211. The van der Waals surface area contributed by atoms with E-state index in [0.717, 1.165) is 22.3 Å². The van der Waals surface area contributed by atoms with Gasteiger partial charge in [-0.15, -0.1) is 0 Å². The number of thiazole rings is 1. The van der Waals surface area contributed by atoms with Crippen molar-refractivity contribution in [3.05, 3.63) is 66.5 Å². The van der Waals surface area contributed by atoms with E-state index in [1.807, 2.05) is 30.3 Å². The minimum atomic E-state index is -0.108. The maximum atomic E-state index is 13.0. The molecule has 136 valence electrons. The Bertz CT molecular complexity index is 1040. The van der Waals surface area contributed by atoms with Crippen LogP contribution < -0.4 is 4.90 Å². The van der Waals surface area contributed by atoms with E-state index in [-0.39, 0.29) is 12.5 Å². The molecule has 0 atom stereocenters. The molecule has 0 radical (unpaired) electrons. The SMILES string of the molecule is CCc1cccc2sc(N(Cc3ccccn3)C(=O)Cn3cncn3)nc12. The van der Waals surface area contributed by atoms with Gasteiger partial charge >= 0.3 is 0 Å². The number of carbonyl (C=O) groups is 1. The van der Waals surface area contributed by atoms with E-state index >= 15 is 0 Å². The van der Waals surface area contributed by atoms with Gasteiger partial charge in [-0.2, -0.15) is 5.10 Å². The number of pyridine rings is 1. The molecule has 0 spiro atoms. The number of benzene rings is 1. The Labute approximate surface area is 160 Å². The smallest absolute Gasteiger partial charge is 0.250 e. The van der Waals surface area contributed by atoms with Gasteiger partial charge in [-0.25, -0.2) is 14.6 Å². The Hall–Kier alpha value is -3.13. The molecule has 1 amide bonds. The molecule has 0 aliphatic heterocycles. The molecule has 0 unspecified atom stereocenters. The number of amides is 1. The number of aromatic nitrogens is 5. The predicted molar refractivity (Wildman–Crippen MR) is 104 cm³/mol. The highest BCUT2D eigenvalue weighted by Gasteiger charge is 2.22. The van der Waals surface area contributed by atoms with Crippen molar-refractivity contribution >= 4 is 32.6 Å². The minimum absolute atomic E-state index is 0.101. The van der Waals surface area contributed by atoms with Crippen LogP contribution in [0.2, 0.25) is 0 Å². The third-order valence-electron chi connectivity index (χ3n) is 4.21. The van der Waals surface area contributed by atoms with E-state index in [9.17, 15) is 4.79 Å². The summed E-state index contributed by atoms with van der Waals surface area (Å²) in [5, 5.41) is 4.70. The summed E-state index contributed by atoms with van der Waals surface area (Å²) < 4.78 is 2.59. The predicted octanol–water partition coefficient (Wildman–Crippen LogP) is 3.08. The molecule has 3 aromatic heterocycles. The van der Waals surface area contributed by atoms with Gasteiger partial charge in [0.2, 0.25) is 0 Å². The molecule has 1 aromatic carbocycles. The molecule has 7 nitrogen and oxygen atoms in total. The molecule has 27 heavy (non-hydrogen) atoms. The average Bonchev–Trinajstić information content (AvgIpc) is 3.36. The largest absolute Gasteiger partial charge is 0.280 e. The van der Waals surface area contributed by atoms with Crippen molar-refractivity contribution in [2.75, 3.05) is 4.90 Å². The lowest BCUT2D eigenvalue weighted by Crippen LogP contribution is -2.33. The topological polar surface area (TPSA) is 76.8 Å². The van der Waals surface area contributed by atoms with Crippen LogP contribution in [-0.2, 0) is 24.3 Å². The zero-order chi connectivity index (χ0) is 18.6. The number of rotatable bonds is 6. The molecule has 0 fully saturated rings. The first kappa shape index (κ1) is 17.3. The number of carbonyl (C=O) groups excluding carboxylic acids is 1. The van der Waals surface area contributed by atoms with Crippen molar-refractivity contribution < 1.29 is 4.79 Å². The zero-order valence-corrected chi connectivity index (χ0v) is 15.6. The van der Waals surface area contributed by atoms with E-state index in [0.29, 0.717) is 11.7 Å². The molecule has 4 rings (SSSR count). The van der Waals surface area contributed by atoms with E-state index in [2.05, 4.69) is 28.1 Å². The molecule has 0 aliphatic carbocycles. The van der Waals surface area contributed by atoms with Gasteiger partial charge in [-0.1, -0.05) is 36.5 Å². The standard InChI is InChI=1S/C19H18N6OS/c1-2-14-6-5-8-16-18(14)23-19(27-16)25(10-15-7-3-4-9-21-15)17(26)11-24-13-20-12-22-24/h3-9,12-13H,2,10-11H2,1H3. The molecule has 0 saturated heterocycles. The third-order valence-corrected chi connectivity index (χ3v) is 5.26. The van der Waals surface area contributed by atoms with E-state index in [1.54, 1.807) is 11.1 Å². The Morgan fingerprint density at radius 3 is 2.89 bits per heavy atom. The van der Waals surface area contributed by atoms with Crippen LogP contribution in [0.4, 0.5) is 5.13 Å². The second kappa shape index (κ2) is 7.63. The van der Waals surface area contributed by atoms with Crippen molar-refractivity contribution in [1.29, 1.82) is 0 Å². The lowest BCUT2D eigenvalue weighted by Gasteiger charge is -2.19. The van der Waals surface area contributed by atoms with E-state index < -0.39 is 0 Å². The highest BCUT2D eigenvalue weighted by Crippen LogP contribution is 2.32. The van der Waals surface area contributed by atoms with Gasteiger partial charge in [-0.3, -0.25) is 14.7 Å². The molecule has 0 N–H and O–H groups in total. The number of anilines is 1. The summed E-state index contributed by atoms with van der Waals surface area (Å²) in [6.07, 6.45) is 5.57. The lowest BCUT2D eigenvalue weighted by atomic mass is 10.1. The van der Waals surface area contributed by atoms with Crippen LogP contribution in [0.25, 0.3) is 10.2 Å². The Balaban J connectivity index is 1.71. The van der Waals surface area contributed by atoms with Crippen molar-refractivity contribution in [2.24, 2.45) is 0 Å². The van der Waals surface area contributed by atoms with Gasteiger partial charge in [-0.05, 0) is 30.2 Å². The second-order valence-electron chi connectivity index (χ2n) is 6.01. The number of nitrogens with zero attached hydrogens (tertiary/aromatic N) is 6. The number of hydrogen-bond donors (Lipinski definition) is 0. The van der Waals surface area contributed by atoms with Crippen molar-refractivity contribution in [3.8, 4) is 0 Å². The molecular formula is C19H18N6OS. The average molecular weight is 378 g/mol. The summed E-state index contributed by atoms with van der Waals surface area (Å²) >= 11 is 1.52. The van der Waals surface area contributed by atoms with Crippen molar-refractivity contribution in [1.82, 2.24) is 24.7 Å². The first-order valence-corrected chi connectivity index (χ1v) is 9.47. The van der Waals surface area contributed by atoms with Gasteiger partial charge in [0.05, 0.1) is 22.5 Å². The van der Waals surface area contributed by atoms with Crippen molar-refractivity contribution in [3.63, 3.8) is 0 Å². The van der Waals surface area contributed by atoms with E-state index in [1.165, 1.54) is 34.2 Å². The van der Waals surface area contributed by atoms with Crippen LogP contribution in [-0.4, -0.2) is 30.6 Å². The van der Waals surface area contributed by atoms with Gasteiger partial charge in [0.1, 0.15) is 19.2 Å². The van der Waals surface area contributed by atoms with Crippen LogP contribution in [0.5, 0.6) is 0 Å². The van der Waals surface area contributed by atoms with Crippen LogP contribution in [0.15, 0.2) is 55.2 Å². The Morgan fingerprint density at radius 2 is 2.15 bits per heavy atom. The zero-order valence-electron chi connectivity index (χ0n) is 14.8. The number of aryl methyl sites for hydroxylation is 1. The summed E-state index contributed by atoms with van der Waals surface area (Å²) in [6, 6.07) is 11.8. The van der Waals surface area contributed by atoms with Crippen LogP contribution in [0, 0.1) is 0 Å². The highest BCUT2D eigenvalue weighted by atomic mass is 32.1. The molecule has 0 bridgehead atoms. The van der Waals surface area contributed by atoms with E-state index in [4.69, 9.17) is 4.98 Å². The summed E-state index contributed by atoms with van der Waals surface area (Å²) in [7, 11) is 0. The molecule has 0 saturated carbocycles. The van der Waals surface area contributed by atoms with Crippen molar-refractivity contribution in [2.45, 2.75) is 26.4 Å².